The van der Waals surface area contributed by atoms with Crippen molar-refractivity contribution in [1.29, 1.82) is 0 Å². The van der Waals surface area contributed by atoms with E-state index in [-0.39, 0.29) is 12.4 Å². The van der Waals surface area contributed by atoms with Crippen LogP contribution in [-0.2, 0) is 5.41 Å². The fourth-order valence-electron chi connectivity index (χ4n) is 3.60. The summed E-state index contributed by atoms with van der Waals surface area (Å²) in [4.78, 5) is 2.57. The Kier molecular flexibility index (Phi) is 3.27. The quantitative estimate of drug-likeness (QED) is 0.725. The van der Waals surface area contributed by atoms with E-state index in [1.807, 2.05) is 0 Å². The molecule has 1 aromatic carbocycles. The third-order valence-corrected chi connectivity index (χ3v) is 4.38. The van der Waals surface area contributed by atoms with Crippen LogP contribution in [0.3, 0.4) is 0 Å². The molecule has 0 aromatic heterocycles. The molecule has 2 atom stereocenters. The number of benzene rings is 1. The van der Waals surface area contributed by atoms with Crippen molar-refractivity contribution in [2.45, 2.75) is 37.1 Å². The number of hydrogen-bond acceptors (Lipinski definition) is 1. The van der Waals surface area contributed by atoms with Gasteiger partial charge in [0.2, 0.25) is 0 Å². The van der Waals surface area contributed by atoms with Crippen LogP contribution in [0.4, 0.5) is 0 Å². The van der Waals surface area contributed by atoms with E-state index in [1.165, 1.54) is 32.2 Å². The number of likely N-dealkylation sites (N-methyl/N-ethyl adjacent to an activating group) is 1. The van der Waals surface area contributed by atoms with Gasteiger partial charge in [-0.05, 0) is 31.9 Å². The van der Waals surface area contributed by atoms with Gasteiger partial charge < -0.3 is 4.90 Å². The van der Waals surface area contributed by atoms with E-state index in [9.17, 15) is 0 Å². The van der Waals surface area contributed by atoms with E-state index in [1.54, 1.807) is 5.56 Å². The summed E-state index contributed by atoms with van der Waals surface area (Å²) in [7, 11) is 2.29. The van der Waals surface area contributed by atoms with E-state index in [4.69, 9.17) is 0 Å². The summed E-state index contributed by atoms with van der Waals surface area (Å²) < 4.78 is 0. The van der Waals surface area contributed by atoms with Crippen LogP contribution in [0.5, 0.6) is 0 Å². The van der Waals surface area contributed by atoms with Crippen molar-refractivity contribution in [1.82, 2.24) is 4.90 Å². The lowest BCUT2D eigenvalue weighted by Gasteiger charge is -2.32. The number of halogens is 1. The summed E-state index contributed by atoms with van der Waals surface area (Å²) in [5, 5.41) is 0. The Morgan fingerprint density at radius 2 is 2.00 bits per heavy atom. The summed E-state index contributed by atoms with van der Waals surface area (Å²) in [6.45, 7) is 1.27. The molecule has 16 heavy (non-hydrogen) atoms. The van der Waals surface area contributed by atoms with Crippen molar-refractivity contribution >= 4 is 12.4 Å². The van der Waals surface area contributed by atoms with Gasteiger partial charge >= 0.3 is 0 Å². The molecule has 1 aliphatic heterocycles. The predicted molar refractivity (Wildman–Crippen MR) is 70.3 cm³/mol. The van der Waals surface area contributed by atoms with E-state index < -0.39 is 0 Å². The number of likely N-dealkylation sites (tertiary alicyclic amines) is 1. The lowest BCUT2D eigenvalue weighted by atomic mass is 9.71. The summed E-state index contributed by atoms with van der Waals surface area (Å²) in [5.41, 5.74) is 2.05. The second kappa shape index (κ2) is 4.38. The van der Waals surface area contributed by atoms with Gasteiger partial charge in [-0.2, -0.15) is 0 Å². The molecule has 1 aliphatic carbocycles. The molecule has 1 heterocycles. The molecule has 0 radical (unpaired) electrons. The zero-order chi connectivity index (χ0) is 10.3. The highest BCUT2D eigenvalue weighted by Crippen LogP contribution is 2.46. The van der Waals surface area contributed by atoms with Crippen molar-refractivity contribution in [2.24, 2.45) is 0 Å². The van der Waals surface area contributed by atoms with Crippen LogP contribution in [0.25, 0.3) is 0 Å². The molecule has 2 bridgehead atoms. The third kappa shape index (κ3) is 1.76. The maximum Gasteiger partial charge on any atom is 0.0102 e. The van der Waals surface area contributed by atoms with Gasteiger partial charge in [0.15, 0.2) is 0 Å². The highest BCUT2D eigenvalue weighted by molar-refractivity contribution is 5.85. The third-order valence-electron chi connectivity index (χ3n) is 4.38. The largest absolute Gasteiger partial charge is 0.302 e. The molecule has 1 saturated heterocycles. The van der Waals surface area contributed by atoms with E-state index in [0.29, 0.717) is 5.41 Å². The topological polar surface area (TPSA) is 3.24 Å². The molecule has 1 aromatic rings. The van der Waals surface area contributed by atoms with Crippen LogP contribution >= 0.6 is 12.4 Å². The molecular formula is C14H20ClN. The molecule has 2 heteroatoms. The second-order valence-corrected chi connectivity index (χ2v) is 5.31. The van der Waals surface area contributed by atoms with Crippen molar-refractivity contribution in [3.63, 3.8) is 0 Å². The zero-order valence-electron chi connectivity index (χ0n) is 9.86. The zero-order valence-corrected chi connectivity index (χ0v) is 10.7. The fraction of sp³-hybridized carbons (Fsp3) is 0.571. The minimum atomic E-state index is 0. The first-order valence-electron chi connectivity index (χ1n) is 6.06. The number of fused-ring (bicyclic) bond motifs is 2. The molecule has 2 fully saturated rings. The molecule has 0 N–H and O–H groups in total. The van der Waals surface area contributed by atoms with E-state index in [0.717, 1.165) is 6.04 Å². The van der Waals surface area contributed by atoms with Gasteiger partial charge in [-0.25, -0.2) is 0 Å². The van der Waals surface area contributed by atoms with Crippen molar-refractivity contribution in [3.05, 3.63) is 35.9 Å². The lowest BCUT2D eigenvalue weighted by Crippen LogP contribution is -2.29. The number of hydrogen-bond donors (Lipinski definition) is 0. The van der Waals surface area contributed by atoms with E-state index >= 15 is 0 Å². The highest BCUT2D eigenvalue weighted by atomic mass is 35.5. The van der Waals surface area contributed by atoms with Gasteiger partial charge in [0, 0.05) is 18.0 Å². The predicted octanol–water partition coefficient (Wildman–Crippen LogP) is 3.23. The molecule has 1 saturated carbocycles. The van der Waals surface area contributed by atoms with Crippen LogP contribution in [-0.4, -0.2) is 24.5 Å². The number of rotatable bonds is 1. The van der Waals surface area contributed by atoms with Crippen molar-refractivity contribution in [2.75, 3.05) is 13.6 Å². The average molecular weight is 238 g/mol. The number of nitrogens with zero attached hydrogens (tertiary/aromatic N) is 1. The Balaban J connectivity index is 0.000000963. The van der Waals surface area contributed by atoms with Crippen LogP contribution < -0.4 is 0 Å². The minimum absolute atomic E-state index is 0. The molecular weight excluding hydrogens is 218 g/mol. The molecule has 3 rings (SSSR count). The van der Waals surface area contributed by atoms with Crippen LogP contribution in [0, 0.1) is 0 Å². The molecule has 88 valence electrons. The Bertz CT molecular complexity index is 347. The van der Waals surface area contributed by atoms with E-state index in [2.05, 4.69) is 42.3 Å². The first-order chi connectivity index (χ1) is 7.30. The molecule has 2 unspecified atom stereocenters. The Morgan fingerprint density at radius 3 is 2.75 bits per heavy atom. The molecule has 2 aliphatic rings. The average Bonchev–Trinajstić information content (AvgIpc) is 2.52. The second-order valence-electron chi connectivity index (χ2n) is 5.31. The first-order valence-corrected chi connectivity index (χ1v) is 6.06. The van der Waals surface area contributed by atoms with Crippen LogP contribution in [0.2, 0.25) is 0 Å². The van der Waals surface area contributed by atoms with Gasteiger partial charge in [-0.3, -0.25) is 0 Å². The van der Waals surface area contributed by atoms with Gasteiger partial charge in [-0.1, -0.05) is 36.8 Å². The van der Waals surface area contributed by atoms with Gasteiger partial charge in [0.25, 0.3) is 0 Å². The molecule has 0 amide bonds. The molecule has 1 nitrogen and oxygen atoms in total. The summed E-state index contributed by atoms with van der Waals surface area (Å²) >= 11 is 0. The summed E-state index contributed by atoms with van der Waals surface area (Å²) in [6.07, 6.45) is 5.58. The maximum absolute atomic E-state index is 2.57. The van der Waals surface area contributed by atoms with Crippen LogP contribution in [0.1, 0.15) is 31.2 Å². The normalized spacial score (nSPS) is 33.4. The lowest BCUT2D eigenvalue weighted by molar-refractivity contribution is 0.294. The highest BCUT2D eigenvalue weighted by Gasteiger charge is 2.45. The molecule has 0 spiro atoms. The van der Waals surface area contributed by atoms with Crippen LogP contribution in [0.15, 0.2) is 30.3 Å². The standard InChI is InChI=1S/C14H19N.ClH/c1-15-11-14(9-5-8-13(15)10-14)12-6-3-2-4-7-12;/h2-4,6-7,13H,5,8-11H2,1H3;1H. The Morgan fingerprint density at radius 1 is 1.25 bits per heavy atom. The Hall–Kier alpha value is -0.530. The monoisotopic (exact) mass is 237 g/mol. The van der Waals surface area contributed by atoms with Crippen molar-refractivity contribution < 1.29 is 0 Å². The van der Waals surface area contributed by atoms with Crippen molar-refractivity contribution in [3.8, 4) is 0 Å². The fourth-order valence-corrected chi connectivity index (χ4v) is 3.60. The summed E-state index contributed by atoms with van der Waals surface area (Å²) in [6, 6.07) is 12.0. The van der Waals surface area contributed by atoms with Gasteiger partial charge in [0.05, 0.1) is 0 Å². The SMILES string of the molecule is CN1CC2(c3ccccc3)CCCC1C2.Cl. The minimum Gasteiger partial charge on any atom is -0.302 e. The smallest absolute Gasteiger partial charge is 0.0102 e. The maximum atomic E-state index is 2.57. The summed E-state index contributed by atoms with van der Waals surface area (Å²) in [5.74, 6) is 0. The van der Waals surface area contributed by atoms with Gasteiger partial charge in [-0.15, -0.1) is 12.4 Å². The van der Waals surface area contributed by atoms with Gasteiger partial charge in [0.1, 0.15) is 0 Å². The first kappa shape index (κ1) is 11.9. The Labute approximate surface area is 104 Å².